The fourth-order valence-electron chi connectivity index (χ4n) is 1.10. The Bertz CT molecular complexity index is 501. The molecular weight excluding hydrogens is 266 g/mol. The number of hydrogen-bond acceptors (Lipinski definition) is 5. The van der Waals surface area contributed by atoms with Crippen LogP contribution in [0.25, 0.3) is 0 Å². The number of hydrogen-bond donors (Lipinski definition) is 1. The second kappa shape index (κ2) is 5.97. The summed E-state index contributed by atoms with van der Waals surface area (Å²) in [7, 11) is 0. The molecule has 0 aromatic heterocycles. The molecule has 96 valence electrons. The van der Waals surface area contributed by atoms with E-state index in [2.05, 4.69) is 0 Å². The van der Waals surface area contributed by atoms with Crippen LogP contribution in [0, 0.1) is 10.1 Å². The van der Waals surface area contributed by atoms with Gasteiger partial charge < -0.3 is 9.84 Å². The van der Waals surface area contributed by atoms with Gasteiger partial charge in [-0.3, -0.25) is 19.7 Å². The summed E-state index contributed by atoms with van der Waals surface area (Å²) in [6, 6.07) is 3.50. The van der Waals surface area contributed by atoms with Crippen molar-refractivity contribution in [1.29, 1.82) is 0 Å². The molecule has 0 atom stereocenters. The van der Waals surface area contributed by atoms with Crippen LogP contribution in [0.3, 0.4) is 0 Å². The van der Waals surface area contributed by atoms with Crippen molar-refractivity contribution in [2.75, 3.05) is 6.61 Å². The smallest absolute Gasteiger partial charge is 0.311 e. The van der Waals surface area contributed by atoms with E-state index in [1.807, 2.05) is 0 Å². The Hall–Kier alpha value is -2.15. The van der Waals surface area contributed by atoms with Gasteiger partial charge in [0, 0.05) is 12.1 Å². The maximum atomic E-state index is 11.1. The van der Waals surface area contributed by atoms with Gasteiger partial charge in [0.1, 0.15) is 18.8 Å². The van der Waals surface area contributed by atoms with Crippen molar-refractivity contribution in [3.63, 3.8) is 0 Å². The molecule has 0 heterocycles. The molecule has 0 aliphatic rings. The zero-order valence-electron chi connectivity index (χ0n) is 8.96. The molecule has 0 radical (unpaired) electrons. The predicted octanol–water partition coefficient (Wildman–Crippen LogP) is 1.67. The third-order valence-electron chi connectivity index (χ3n) is 1.86. The first kappa shape index (κ1) is 13.9. The molecule has 18 heavy (non-hydrogen) atoms. The third kappa shape index (κ3) is 4.02. The van der Waals surface area contributed by atoms with Crippen LogP contribution >= 0.6 is 11.6 Å². The molecule has 1 rings (SSSR count). The molecule has 0 saturated heterocycles. The zero-order chi connectivity index (χ0) is 13.7. The molecule has 0 unspecified atom stereocenters. The van der Waals surface area contributed by atoms with Crippen molar-refractivity contribution in [3.05, 3.63) is 33.3 Å². The molecule has 0 aliphatic heterocycles. The summed E-state index contributed by atoms with van der Waals surface area (Å²) in [5.41, 5.74) is -0.204. The Balaban J connectivity index is 2.66. The summed E-state index contributed by atoms with van der Waals surface area (Å²) in [6.07, 6.45) is -0.648. The van der Waals surface area contributed by atoms with E-state index < -0.39 is 29.7 Å². The lowest BCUT2D eigenvalue weighted by Crippen LogP contribution is -2.15. The van der Waals surface area contributed by atoms with E-state index in [9.17, 15) is 19.7 Å². The summed E-state index contributed by atoms with van der Waals surface area (Å²) < 4.78 is 4.97. The second-order valence-electron chi connectivity index (χ2n) is 3.27. The molecule has 0 fully saturated rings. The average Bonchev–Trinajstić information content (AvgIpc) is 2.26. The van der Waals surface area contributed by atoms with Gasteiger partial charge in [-0.1, -0.05) is 11.6 Å². The maximum absolute atomic E-state index is 11.1. The minimum Gasteiger partial charge on any atom is -0.484 e. The van der Waals surface area contributed by atoms with E-state index in [1.54, 1.807) is 0 Å². The number of nitro groups is 1. The largest absolute Gasteiger partial charge is 0.484 e. The van der Waals surface area contributed by atoms with Crippen molar-refractivity contribution in [2.45, 2.75) is 6.42 Å². The number of carboxylic acid groups (broad SMARTS) is 1. The minimum atomic E-state index is -1.25. The van der Waals surface area contributed by atoms with Gasteiger partial charge in [0.05, 0.1) is 9.95 Å². The number of carbonyl (C=O) groups excluding carboxylic acids is 1. The number of non-ortho nitro benzene ring substituents is 1. The molecule has 1 aromatic rings. The van der Waals surface area contributed by atoms with Crippen molar-refractivity contribution in [2.24, 2.45) is 0 Å². The first-order valence-corrected chi connectivity index (χ1v) is 5.08. The molecular formula is C10H8ClNO6. The van der Waals surface area contributed by atoms with Crippen LogP contribution < -0.4 is 4.74 Å². The summed E-state index contributed by atoms with van der Waals surface area (Å²) in [5, 5.41) is 18.8. The summed E-state index contributed by atoms with van der Waals surface area (Å²) in [4.78, 5) is 31.1. The maximum Gasteiger partial charge on any atom is 0.311 e. The van der Waals surface area contributed by atoms with Crippen LogP contribution in [-0.4, -0.2) is 28.4 Å². The van der Waals surface area contributed by atoms with Crippen molar-refractivity contribution in [1.82, 2.24) is 0 Å². The zero-order valence-corrected chi connectivity index (χ0v) is 9.72. The van der Waals surface area contributed by atoms with Crippen molar-refractivity contribution >= 4 is 29.0 Å². The highest BCUT2D eigenvalue weighted by Crippen LogP contribution is 2.28. The minimum absolute atomic E-state index is 0.0210. The molecule has 1 N–H and O–H groups in total. The van der Waals surface area contributed by atoms with Gasteiger partial charge in [0.15, 0.2) is 5.78 Å². The van der Waals surface area contributed by atoms with Crippen molar-refractivity contribution in [3.8, 4) is 5.75 Å². The Morgan fingerprint density at radius 3 is 2.61 bits per heavy atom. The summed E-state index contributed by atoms with van der Waals surface area (Å²) >= 11 is 5.71. The lowest BCUT2D eigenvalue weighted by Gasteiger charge is -2.06. The summed E-state index contributed by atoms with van der Waals surface area (Å²) in [6.45, 7) is -0.455. The monoisotopic (exact) mass is 273 g/mol. The Labute approximate surface area is 106 Å². The number of ether oxygens (including phenoxy) is 1. The molecule has 0 amide bonds. The van der Waals surface area contributed by atoms with Crippen LogP contribution in [0.1, 0.15) is 6.42 Å². The Kier molecular flexibility index (Phi) is 4.61. The molecule has 0 spiro atoms. The van der Waals surface area contributed by atoms with Gasteiger partial charge in [-0.05, 0) is 6.07 Å². The number of aliphatic carboxylic acids is 1. The van der Waals surface area contributed by atoms with Gasteiger partial charge in [0.25, 0.3) is 5.69 Å². The van der Waals surface area contributed by atoms with Gasteiger partial charge in [0.2, 0.25) is 0 Å². The summed E-state index contributed by atoms with van der Waals surface area (Å²) in [5.74, 6) is -1.80. The lowest BCUT2D eigenvalue weighted by molar-refractivity contribution is -0.384. The number of benzene rings is 1. The van der Waals surface area contributed by atoms with Crippen LogP contribution in [0.2, 0.25) is 5.02 Å². The van der Waals surface area contributed by atoms with Crippen LogP contribution in [0.15, 0.2) is 18.2 Å². The molecule has 0 bridgehead atoms. The normalized spacial score (nSPS) is 9.83. The van der Waals surface area contributed by atoms with E-state index in [0.29, 0.717) is 0 Å². The van der Waals surface area contributed by atoms with E-state index >= 15 is 0 Å². The first-order chi connectivity index (χ1) is 8.40. The highest BCUT2D eigenvalue weighted by Gasteiger charge is 2.13. The van der Waals surface area contributed by atoms with Crippen LogP contribution in [-0.2, 0) is 9.59 Å². The Morgan fingerprint density at radius 1 is 1.44 bits per heavy atom. The number of rotatable bonds is 6. The average molecular weight is 274 g/mol. The topological polar surface area (TPSA) is 107 Å². The fourth-order valence-corrected chi connectivity index (χ4v) is 1.33. The quantitative estimate of drug-likeness (QED) is 0.480. The molecule has 1 aromatic carbocycles. The van der Waals surface area contributed by atoms with E-state index in [0.717, 1.165) is 6.07 Å². The number of carboxylic acids is 1. The van der Waals surface area contributed by atoms with E-state index in [4.69, 9.17) is 21.4 Å². The SMILES string of the molecule is O=C(O)CC(=O)COc1ccc([N+](=O)[O-])cc1Cl. The second-order valence-corrected chi connectivity index (χ2v) is 3.68. The van der Waals surface area contributed by atoms with Gasteiger partial charge in [-0.15, -0.1) is 0 Å². The Morgan fingerprint density at radius 2 is 2.11 bits per heavy atom. The molecule has 7 nitrogen and oxygen atoms in total. The van der Waals surface area contributed by atoms with Gasteiger partial charge in [-0.25, -0.2) is 0 Å². The molecule has 8 heteroatoms. The van der Waals surface area contributed by atoms with Crippen LogP contribution in [0.5, 0.6) is 5.75 Å². The highest BCUT2D eigenvalue weighted by atomic mass is 35.5. The van der Waals surface area contributed by atoms with Gasteiger partial charge in [-0.2, -0.15) is 0 Å². The molecule has 0 aliphatic carbocycles. The highest BCUT2D eigenvalue weighted by molar-refractivity contribution is 6.32. The number of nitrogens with zero attached hydrogens (tertiary/aromatic N) is 1. The lowest BCUT2D eigenvalue weighted by atomic mass is 10.3. The number of halogens is 1. The van der Waals surface area contributed by atoms with Crippen LogP contribution in [0.4, 0.5) is 5.69 Å². The fraction of sp³-hybridized carbons (Fsp3) is 0.200. The number of nitro benzene ring substituents is 1. The van der Waals surface area contributed by atoms with E-state index in [-0.39, 0.29) is 16.5 Å². The predicted molar refractivity (Wildman–Crippen MR) is 60.9 cm³/mol. The number of ketones is 1. The standard InChI is InChI=1S/C10H8ClNO6/c11-8-3-6(12(16)17)1-2-9(8)18-5-7(13)4-10(14)15/h1-3H,4-5H2,(H,14,15). The number of Topliss-reactive ketones (excluding diaryl/α,β-unsaturated/α-hetero) is 1. The van der Waals surface area contributed by atoms with E-state index in [1.165, 1.54) is 12.1 Å². The number of carbonyl (C=O) groups is 2. The third-order valence-corrected chi connectivity index (χ3v) is 2.16. The van der Waals surface area contributed by atoms with Gasteiger partial charge >= 0.3 is 5.97 Å². The first-order valence-electron chi connectivity index (χ1n) is 4.70. The molecule has 0 saturated carbocycles. The van der Waals surface area contributed by atoms with Crippen molar-refractivity contribution < 1.29 is 24.4 Å².